The largest absolute Gasteiger partial charge is 0.417 e. The Kier molecular flexibility index (Phi) is 9.34. The summed E-state index contributed by atoms with van der Waals surface area (Å²) in [6.07, 6.45) is -3.79. The number of anilines is 1. The minimum Gasteiger partial charge on any atom is -0.394 e. The average molecular weight is 568 g/mol. The van der Waals surface area contributed by atoms with Crippen LogP contribution in [0.5, 0.6) is 0 Å². The summed E-state index contributed by atoms with van der Waals surface area (Å²) in [5.41, 5.74) is 0.00687. The quantitative estimate of drug-likeness (QED) is 0.338. The van der Waals surface area contributed by atoms with Gasteiger partial charge in [0.15, 0.2) is 9.84 Å². The van der Waals surface area contributed by atoms with Crippen molar-refractivity contribution in [1.82, 2.24) is 10.3 Å². The fraction of sp³-hybridized carbons (Fsp3) is 0.333. The monoisotopic (exact) mass is 567 g/mol. The zero-order valence-corrected chi connectivity index (χ0v) is 22.4. The summed E-state index contributed by atoms with van der Waals surface area (Å²) in [4.78, 5) is 18.4. The minimum absolute atomic E-state index is 0.0174. The first-order valence-corrected chi connectivity index (χ1v) is 13.7. The van der Waals surface area contributed by atoms with E-state index in [9.17, 15) is 31.5 Å². The highest BCUT2D eigenvalue weighted by atomic mass is 32.2. The maximum absolute atomic E-state index is 15.2. The molecular formula is C27H29F4N3O4S. The van der Waals surface area contributed by atoms with Gasteiger partial charge in [-0.1, -0.05) is 19.1 Å². The van der Waals surface area contributed by atoms with E-state index in [1.807, 2.05) is 0 Å². The van der Waals surface area contributed by atoms with E-state index in [-0.39, 0.29) is 34.5 Å². The Morgan fingerprint density at radius 3 is 2.23 bits per heavy atom. The van der Waals surface area contributed by atoms with E-state index >= 15 is 4.39 Å². The molecule has 1 atom stereocenters. The molecule has 7 nitrogen and oxygen atoms in total. The van der Waals surface area contributed by atoms with Crippen LogP contribution in [0.2, 0.25) is 0 Å². The molecule has 0 fully saturated rings. The Bertz CT molecular complexity index is 1390. The fourth-order valence-electron chi connectivity index (χ4n) is 3.84. The van der Waals surface area contributed by atoms with Crippen LogP contribution in [0, 0.1) is 5.82 Å². The molecule has 1 amide bonds. The number of alkyl halides is 3. The van der Waals surface area contributed by atoms with Crippen LogP contribution in [-0.4, -0.2) is 42.8 Å². The van der Waals surface area contributed by atoms with Crippen molar-refractivity contribution in [2.24, 2.45) is 0 Å². The molecule has 0 saturated carbocycles. The van der Waals surface area contributed by atoms with Crippen LogP contribution in [0.15, 0.2) is 65.7 Å². The molecule has 2 aromatic carbocycles. The van der Waals surface area contributed by atoms with Gasteiger partial charge in [0.1, 0.15) is 5.82 Å². The second-order valence-electron chi connectivity index (χ2n) is 9.10. The van der Waals surface area contributed by atoms with E-state index < -0.39 is 46.0 Å². The molecule has 0 aliphatic heterocycles. The number of nitrogens with zero attached hydrogens (tertiary/aromatic N) is 2. The first kappa shape index (κ1) is 30.0. The second kappa shape index (κ2) is 12.1. The topological polar surface area (TPSA) is 99.6 Å². The molecule has 0 aliphatic carbocycles. The molecule has 0 spiro atoms. The van der Waals surface area contributed by atoms with Crippen molar-refractivity contribution in [2.45, 2.75) is 50.5 Å². The average Bonchev–Trinajstić information content (AvgIpc) is 2.90. The molecule has 0 aliphatic rings. The summed E-state index contributed by atoms with van der Waals surface area (Å²) in [5, 5.41) is 12.4. The highest BCUT2D eigenvalue weighted by Crippen LogP contribution is 2.29. The van der Waals surface area contributed by atoms with Crippen molar-refractivity contribution >= 4 is 21.4 Å². The van der Waals surface area contributed by atoms with Gasteiger partial charge in [-0.2, -0.15) is 13.2 Å². The van der Waals surface area contributed by atoms with Gasteiger partial charge in [0, 0.05) is 17.8 Å². The van der Waals surface area contributed by atoms with Crippen LogP contribution in [0.25, 0.3) is 0 Å². The smallest absolute Gasteiger partial charge is 0.394 e. The molecule has 3 aromatic rings. The Balaban J connectivity index is 1.77. The van der Waals surface area contributed by atoms with Crippen LogP contribution >= 0.6 is 0 Å². The van der Waals surface area contributed by atoms with Crippen LogP contribution in [0.3, 0.4) is 0 Å². The SMILES string of the molecule is CCS(=O)(=O)c1ccc([C@H](CO)NC(=O)c2ccc(N(Cc3ccc(C(F)(F)F)cn3)C(C)C)c(F)c2)cc1. The number of rotatable bonds is 10. The van der Waals surface area contributed by atoms with Gasteiger partial charge < -0.3 is 15.3 Å². The van der Waals surface area contributed by atoms with Gasteiger partial charge in [0.05, 0.1) is 46.8 Å². The summed E-state index contributed by atoms with van der Waals surface area (Å²) >= 11 is 0. The Labute approximate surface area is 224 Å². The highest BCUT2D eigenvalue weighted by Gasteiger charge is 2.31. The maximum Gasteiger partial charge on any atom is 0.417 e. The van der Waals surface area contributed by atoms with Crippen LogP contribution in [-0.2, 0) is 22.6 Å². The van der Waals surface area contributed by atoms with E-state index in [1.165, 1.54) is 49.4 Å². The molecule has 0 saturated heterocycles. The number of hydrogen-bond donors (Lipinski definition) is 2. The van der Waals surface area contributed by atoms with Crippen LogP contribution in [0.4, 0.5) is 23.2 Å². The van der Waals surface area contributed by atoms with Gasteiger partial charge in [-0.05, 0) is 61.9 Å². The molecule has 0 bridgehead atoms. The number of aromatic nitrogens is 1. The maximum atomic E-state index is 15.2. The Morgan fingerprint density at radius 2 is 1.74 bits per heavy atom. The van der Waals surface area contributed by atoms with Gasteiger partial charge in [-0.15, -0.1) is 0 Å². The standard InChI is InChI=1S/C27H29F4N3O4S/c1-4-39(37,38)22-10-5-18(6-11-22)24(16-35)33-26(36)19-7-12-25(23(28)13-19)34(17(2)3)15-21-9-8-20(14-32-21)27(29,30)31/h5-14,17,24,35H,4,15-16H2,1-3H3,(H,33,36)/t24-/m0/s1. The summed E-state index contributed by atoms with van der Waals surface area (Å²) in [5.74, 6) is -1.45. The van der Waals surface area contributed by atoms with E-state index in [0.29, 0.717) is 11.3 Å². The van der Waals surface area contributed by atoms with Gasteiger partial charge in [-0.3, -0.25) is 9.78 Å². The molecular weight excluding hydrogens is 538 g/mol. The number of carbonyl (C=O) groups excluding carboxylic acids is 1. The van der Waals surface area contributed by atoms with Crippen molar-refractivity contribution in [3.63, 3.8) is 0 Å². The number of halogens is 4. The van der Waals surface area contributed by atoms with Crippen molar-refractivity contribution in [3.8, 4) is 0 Å². The van der Waals surface area contributed by atoms with Gasteiger partial charge >= 0.3 is 6.18 Å². The zero-order valence-electron chi connectivity index (χ0n) is 21.5. The number of sulfone groups is 1. The van der Waals surface area contributed by atoms with Crippen molar-refractivity contribution in [1.29, 1.82) is 0 Å². The van der Waals surface area contributed by atoms with Crippen molar-refractivity contribution < 1.29 is 35.9 Å². The van der Waals surface area contributed by atoms with Crippen molar-refractivity contribution in [2.75, 3.05) is 17.3 Å². The van der Waals surface area contributed by atoms with Gasteiger partial charge in [-0.25, -0.2) is 12.8 Å². The van der Waals surface area contributed by atoms with Gasteiger partial charge in [0.2, 0.25) is 0 Å². The van der Waals surface area contributed by atoms with Gasteiger partial charge in [0.25, 0.3) is 5.91 Å². The summed E-state index contributed by atoms with van der Waals surface area (Å²) < 4.78 is 77.7. The third-order valence-electron chi connectivity index (χ3n) is 6.14. The predicted molar refractivity (Wildman–Crippen MR) is 138 cm³/mol. The number of aliphatic hydroxyl groups excluding tert-OH is 1. The number of carbonyl (C=O) groups is 1. The Hall–Kier alpha value is -3.51. The number of nitrogens with one attached hydrogen (secondary N) is 1. The van der Waals surface area contributed by atoms with Crippen molar-refractivity contribution in [3.05, 3.63) is 89.0 Å². The van der Waals surface area contributed by atoms with Crippen LogP contribution in [0.1, 0.15) is 54.0 Å². The number of aliphatic hydroxyl groups is 1. The molecule has 1 aromatic heterocycles. The lowest BCUT2D eigenvalue weighted by Crippen LogP contribution is -2.32. The number of amides is 1. The highest BCUT2D eigenvalue weighted by molar-refractivity contribution is 7.91. The van der Waals surface area contributed by atoms with E-state index in [1.54, 1.807) is 18.7 Å². The Morgan fingerprint density at radius 1 is 1.08 bits per heavy atom. The molecule has 0 unspecified atom stereocenters. The molecule has 12 heteroatoms. The van der Waals surface area contributed by atoms with Crippen LogP contribution < -0.4 is 10.2 Å². The van der Waals surface area contributed by atoms with E-state index in [4.69, 9.17) is 0 Å². The minimum atomic E-state index is -4.51. The predicted octanol–water partition coefficient (Wildman–Crippen LogP) is 4.91. The number of hydrogen-bond acceptors (Lipinski definition) is 6. The number of pyridine rings is 1. The molecule has 1 heterocycles. The third-order valence-corrected chi connectivity index (χ3v) is 7.89. The third kappa shape index (κ3) is 7.33. The normalized spacial score (nSPS) is 12.8. The lowest BCUT2D eigenvalue weighted by molar-refractivity contribution is -0.137. The second-order valence-corrected chi connectivity index (χ2v) is 11.4. The van der Waals surface area contributed by atoms with E-state index in [0.717, 1.165) is 18.3 Å². The first-order valence-electron chi connectivity index (χ1n) is 12.1. The summed E-state index contributed by atoms with van der Waals surface area (Å²) in [6.45, 7) is 4.65. The van der Waals surface area contributed by atoms with E-state index in [2.05, 4.69) is 10.3 Å². The summed E-state index contributed by atoms with van der Waals surface area (Å²) in [6, 6.07) is 10.6. The molecule has 210 valence electrons. The molecule has 3 rings (SSSR count). The lowest BCUT2D eigenvalue weighted by atomic mass is 10.1. The zero-order chi connectivity index (χ0) is 29.0. The fourth-order valence-corrected chi connectivity index (χ4v) is 4.72. The molecule has 2 N–H and O–H groups in total. The molecule has 39 heavy (non-hydrogen) atoms. The first-order chi connectivity index (χ1) is 18.3. The molecule has 0 radical (unpaired) electrons. The lowest BCUT2D eigenvalue weighted by Gasteiger charge is -2.29. The number of benzene rings is 2. The summed E-state index contributed by atoms with van der Waals surface area (Å²) in [7, 11) is -3.41.